The third kappa shape index (κ3) is 4.83. The Kier molecular flexibility index (Phi) is 7.59. The van der Waals surface area contributed by atoms with Gasteiger partial charge in [0.1, 0.15) is 0 Å². The van der Waals surface area contributed by atoms with Crippen LogP contribution < -0.4 is 10.4 Å². The van der Waals surface area contributed by atoms with Crippen molar-refractivity contribution in [1.29, 1.82) is 0 Å². The first-order valence-electron chi connectivity index (χ1n) is 9.46. The van der Waals surface area contributed by atoms with Crippen molar-refractivity contribution in [3.8, 4) is 0 Å². The number of hydrogen-bond acceptors (Lipinski definition) is 3. The topological polar surface area (TPSA) is 49.7 Å². The van der Waals surface area contributed by atoms with Crippen LogP contribution in [0.2, 0.25) is 5.04 Å². The second kappa shape index (κ2) is 9.47. The monoisotopic (exact) mass is 372 g/mol. The van der Waals surface area contributed by atoms with Crippen LogP contribution in [0.15, 0.2) is 60.7 Å². The van der Waals surface area contributed by atoms with Gasteiger partial charge in [-0.2, -0.15) is 0 Å². The maximum absolute atomic E-state index is 9.52. The molecule has 0 aromatic heterocycles. The van der Waals surface area contributed by atoms with Gasteiger partial charge >= 0.3 is 0 Å². The molecule has 0 radical (unpaired) electrons. The maximum atomic E-state index is 9.52. The second-order valence-corrected chi connectivity index (χ2v) is 12.1. The Bertz CT molecular complexity index is 598. The lowest BCUT2D eigenvalue weighted by molar-refractivity contribution is 0.0849. The zero-order valence-electron chi connectivity index (χ0n) is 16.2. The van der Waals surface area contributed by atoms with Crippen molar-refractivity contribution in [3.63, 3.8) is 0 Å². The lowest BCUT2D eigenvalue weighted by Crippen LogP contribution is -2.66. The Morgan fingerprint density at radius 3 is 1.81 bits per heavy atom. The van der Waals surface area contributed by atoms with Crippen LogP contribution >= 0.6 is 0 Å². The van der Waals surface area contributed by atoms with E-state index >= 15 is 0 Å². The van der Waals surface area contributed by atoms with Gasteiger partial charge in [0.2, 0.25) is 0 Å². The smallest absolute Gasteiger partial charge is 0.261 e. The van der Waals surface area contributed by atoms with Crippen molar-refractivity contribution < 1.29 is 14.6 Å². The SMILES string of the molecule is CC(C)(C)[Si](OCCCC[C@@H](O)CO)(c1ccccc1)c1ccccc1. The van der Waals surface area contributed by atoms with Crippen molar-refractivity contribution in [3.05, 3.63) is 60.7 Å². The van der Waals surface area contributed by atoms with Crippen LogP contribution in [-0.4, -0.2) is 37.8 Å². The molecule has 2 N–H and O–H groups in total. The summed E-state index contributed by atoms with van der Waals surface area (Å²) in [5.41, 5.74) is 0. The summed E-state index contributed by atoms with van der Waals surface area (Å²) in [5.74, 6) is 0. The number of hydrogen-bond donors (Lipinski definition) is 2. The van der Waals surface area contributed by atoms with E-state index in [0.717, 1.165) is 12.8 Å². The van der Waals surface area contributed by atoms with Crippen LogP contribution in [0.1, 0.15) is 40.0 Å². The van der Waals surface area contributed by atoms with Crippen molar-refractivity contribution in [2.24, 2.45) is 0 Å². The number of unbranched alkanes of at least 4 members (excludes halogenated alkanes) is 1. The molecule has 0 saturated carbocycles. The van der Waals surface area contributed by atoms with E-state index < -0.39 is 14.4 Å². The van der Waals surface area contributed by atoms with E-state index in [1.165, 1.54) is 10.4 Å². The van der Waals surface area contributed by atoms with Gasteiger partial charge in [-0.05, 0) is 34.7 Å². The maximum Gasteiger partial charge on any atom is 0.261 e. The molecule has 0 spiro atoms. The molecule has 0 amide bonds. The summed E-state index contributed by atoms with van der Waals surface area (Å²) in [7, 11) is -2.45. The molecule has 3 nitrogen and oxygen atoms in total. The van der Waals surface area contributed by atoms with E-state index in [1.54, 1.807) is 0 Å². The molecule has 2 aromatic carbocycles. The molecule has 0 saturated heterocycles. The van der Waals surface area contributed by atoms with Crippen LogP contribution in [0.25, 0.3) is 0 Å². The van der Waals surface area contributed by atoms with Gasteiger partial charge in [0.25, 0.3) is 8.32 Å². The van der Waals surface area contributed by atoms with E-state index in [1.807, 2.05) is 12.1 Å². The zero-order chi connectivity index (χ0) is 19.0. The Balaban J connectivity index is 2.29. The molecule has 1 atom stereocenters. The molecule has 0 unspecified atom stereocenters. The highest BCUT2D eigenvalue weighted by Gasteiger charge is 2.49. The summed E-state index contributed by atoms with van der Waals surface area (Å²) in [6.07, 6.45) is 1.71. The number of aliphatic hydroxyl groups is 2. The third-order valence-corrected chi connectivity index (χ3v) is 9.92. The average Bonchev–Trinajstić information content (AvgIpc) is 2.65. The zero-order valence-corrected chi connectivity index (χ0v) is 17.2. The van der Waals surface area contributed by atoms with Gasteiger partial charge in [0, 0.05) is 6.61 Å². The minimum absolute atomic E-state index is 0.0136. The third-order valence-electron chi connectivity index (χ3n) is 4.88. The average molecular weight is 373 g/mol. The fourth-order valence-electron chi connectivity index (χ4n) is 3.56. The van der Waals surface area contributed by atoms with Gasteiger partial charge in [-0.25, -0.2) is 0 Å². The lowest BCUT2D eigenvalue weighted by Gasteiger charge is -2.43. The van der Waals surface area contributed by atoms with E-state index in [2.05, 4.69) is 69.3 Å². The second-order valence-electron chi connectivity index (χ2n) is 7.84. The van der Waals surface area contributed by atoms with E-state index in [-0.39, 0.29) is 11.6 Å². The fraction of sp³-hybridized carbons (Fsp3) is 0.455. The van der Waals surface area contributed by atoms with Gasteiger partial charge in [-0.15, -0.1) is 0 Å². The Morgan fingerprint density at radius 1 is 0.885 bits per heavy atom. The van der Waals surface area contributed by atoms with Crippen molar-refractivity contribution in [2.75, 3.05) is 13.2 Å². The highest BCUT2D eigenvalue weighted by atomic mass is 28.4. The summed E-state index contributed by atoms with van der Waals surface area (Å²) in [4.78, 5) is 0. The number of benzene rings is 2. The molecule has 2 aromatic rings. The normalized spacial score (nSPS) is 13.6. The summed E-state index contributed by atoms with van der Waals surface area (Å²) in [6, 6.07) is 21.2. The van der Waals surface area contributed by atoms with Crippen molar-refractivity contribution in [1.82, 2.24) is 0 Å². The number of rotatable bonds is 9. The first kappa shape index (κ1) is 20.8. The van der Waals surface area contributed by atoms with Crippen LogP contribution in [-0.2, 0) is 4.43 Å². The highest BCUT2D eigenvalue weighted by Crippen LogP contribution is 2.36. The van der Waals surface area contributed by atoms with Crippen LogP contribution in [0.5, 0.6) is 0 Å². The van der Waals surface area contributed by atoms with Crippen LogP contribution in [0, 0.1) is 0 Å². The number of aliphatic hydroxyl groups excluding tert-OH is 2. The molecular weight excluding hydrogens is 340 g/mol. The molecule has 0 aliphatic carbocycles. The first-order chi connectivity index (χ1) is 12.4. The van der Waals surface area contributed by atoms with E-state index in [4.69, 9.17) is 9.53 Å². The molecule has 0 aliphatic heterocycles. The summed E-state index contributed by atoms with van der Waals surface area (Å²) in [6.45, 7) is 7.30. The molecule has 2 rings (SSSR count). The first-order valence-corrected chi connectivity index (χ1v) is 11.4. The Hall–Kier alpha value is -1.46. The fourth-order valence-corrected chi connectivity index (χ4v) is 8.17. The van der Waals surface area contributed by atoms with Gasteiger partial charge in [0.15, 0.2) is 0 Å². The standard InChI is InChI=1S/C22H32O3Si/c1-22(2,3)26(20-13-6-4-7-14-20,21-15-8-5-9-16-21)25-17-11-10-12-19(24)18-23/h4-9,13-16,19,23-24H,10-12,17-18H2,1-3H3/t19-/m1/s1. The largest absolute Gasteiger partial charge is 0.407 e. The lowest BCUT2D eigenvalue weighted by atomic mass is 10.2. The predicted molar refractivity (Wildman–Crippen MR) is 111 cm³/mol. The van der Waals surface area contributed by atoms with Gasteiger partial charge in [0.05, 0.1) is 12.7 Å². The Morgan fingerprint density at radius 2 is 1.38 bits per heavy atom. The molecule has 0 fully saturated rings. The molecule has 0 heterocycles. The minimum atomic E-state index is -2.45. The van der Waals surface area contributed by atoms with Gasteiger partial charge in [-0.3, -0.25) is 0 Å². The van der Waals surface area contributed by atoms with Crippen LogP contribution in [0.3, 0.4) is 0 Å². The van der Waals surface area contributed by atoms with E-state index in [0.29, 0.717) is 13.0 Å². The molecule has 4 heteroatoms. The highest BCUT2D eigenvalue weighted by molar-refractivity contribution is 6.99. The molecule has 26 heavy (non-hydrogen) atoms. The van der Waals surface area contributed by atoms with Gasteiger partial charge < -0.3 is 14.6 Å². The molecular formula is C22H32O3Si. The van der Waals surface area contributed by atoms with Crippen molar-refractivity contribution in [2.45, 2.75) is 51.2 Å². The molecule has 142 valence electrons. The van der Waals surface area contributed by atoms with E-state index in [9.17, 15) is 5.11 Å². The van der Waals surface area contributed by atoms with Crippen LogP contribution in [0.4, 0.5) is 0 Å². The van der Waals surface area contributed by atoms with Crippen molar-refractivity contribution >= 4 is 18.7 Å². The summed E-state index contributed by atoms with van der Waals surface area (Å²) in [5, 5.41) is 21.0. The van der Waals surface area contributed by atoms with Gasteiger partial charge in [-0.1, -0.05) is 81.4 Å². The minimum Gasteiger partial charge on any atom is -0.407 e. The summed E-state index contributed by atoms with van der Waals surface area (Å²) >= 11 is 0. The predicted octanol–water partition coefficient (Wildman–Crippen LogP) is 3.09. The molecule has 0 bridgehead atoms. The Labute approximate surface area is 158 Å². The quantitative estimate of drug-likeness (QED) is 0.525. The summed E-state index contributed by atoms with van der Waals surface area (Å²) < 4.78 is 6.78. The molecule has 0 aliphatic rings.